The lowest BCUT2D eigenvalue weighted by atomic mass is 9.82. The van der Waals surface area contributed by atoms with Crippen molar-refractivity contribution in [1.29, 1.82) is 0 Å². The van der Waals surface area contributed by atoms with Gasteiger partial charge in [-0.05, 0) is 63.6 Å². The number of nitrogens with zero attached hydrogens (tertiary/aromatic N) is 3. The second-order valence-corrected chi connectivity index (χ2v) is 12.1. The third kappa shape index (κ3) is 7.35. The molecule has 4 rings (SSSR count). The monoisotopic (exact) mass is 531 g/mol. The maximum atomic E-state index is 12.6. The summed E-state index contributed by atoms with van der Waals surface area (Å²) in [6.45, 7) is 14.2. The van der Waals surface area contributed by atoms with Gasteiger partial charge in [0, 0.05) is 42.5 Å². The fraction of sp³-hybridized carbons (Fsp3) is 0.469. The molecule has 1 aliphatic heterocycles. The van der Waals surface area contributed by atoms with E-state index in [1.165, 1.54) is 5.56 Å². The molecule has 1 atom stereocenters. The van der Waals surface area contributed by atoms with Crippen LogP contribution in [0.2, 0.25) is 0 Å². The van der Waals surface area contributed by atoms with Crippen molar-refractivity contribution >= 4 is 11.7 Å². The van der Waals surface area contributed by atoms with E-state index in [1.54, 1.807) is 6.20 Å². The van der Waals surface area contributed by atoms with Crippen molar-refractivity contribution in [3.63, 3.8) is 0 Å². The summed E-state index contributed by atoms with van der Waals surface area (Å²) in [5.41, 5.74) is 4.43. The van der Waals surface area contributed by atoms with Crippen LogP contribution >= 0.6 is 0 Å². The van der Waals surface area contributed by atoms with Gasteiger partial charge < -0.3 is 19.5 Å². The van der Waals surface area contributed by atoms with Crippen molar-refractivity contribution in [1.82, 2.24) is 9.97 Å². The summed E-state index contributed by atoms with van der Waals surface area (Å²) in [5, 5.41) is 10.3. The molecule has 1 fully saturated rings. The summed E-state index contributed by atoms with van der Waals surface area (Å²) in [7, 11) is 0. The third-order valence-electron chi connectivity index (χ3n) is 7.19. The lowest BCUT2D eigenvalue weighted by Gasteiger charge is -2.40. The van der Waals surface area contributed by atoms with E-state index in [-0.39, 0.29) is 5.41 Å². The Morgan fingerprint density at radius 2 is 1.74 bits per heavy atom. The largest absolute Gasteiger partial charge is 0.492 e. The lowest BCUT2D eigenvalue weighted by Crippen LogP contribution is -2.39. The van der Waals surface area contributed by atoms with E-state index in [1.807, 2.05) is 64.2 Å². The van der Waals surface area contributed by atoms with Crippen molar-refractivity contribution in [3.05, 3.63) is 71.7 Å². The van der Waals surface area contributed by atoms with Gasteiger partial charge in [0.05, 0.1) is 29.8 Å². The van der Waals surface area contributed by atoms with Gasteiger partial charge in [-0.2, -0.15) is 0 Å². The van der Waals surface area contributed by atoms with E-state index in [2.05, 4.69) is 35.9 Å². The molecule has 7 nitrogen and oxygen atoms in total. The van der Waals surface area contributed by atoms with Gasteiger partial charge in [0.2, 0.25) is 0 Å². The number of rotatable bonds is 9. The highest BCUT2D eigenvalue weighted by Gasteiger charge is 2.36. The van der Waals surface area contributed by atoms with E-state index >= 15 is 0 Å². The summed E-state index contributed by atoms with van der Waals surface area (Å²) in [4.78, 5) is 24.2. The Hall–Kier alpha value is -3.45. The predicted octanol–water partition coefficient (Wildman–Crippen LogP) is 6.64. The number of anilines is 1. The van der Waals surface area contributed by atoms with Crippen LogP contribution in [-0.2, 0) is 16.0 Å². The number of hydrogen-bond donors (Lipinski definition) is 1. The maximum absolute atomic E-state index is 12.6. The number of carboxylic acid groups (broad SMARTS) is 1. The first-order valence-corrected chi connectivity index (χ1v) is 13.7. The summed E-state index contributed by atoms with van der Waals surface area (Å²) < 4.78 is 12.1. The Kier molecular flexibility index (Phi) is 8.60. The van der Waals surface area contributed by atoms with Crippen molar-refractivity contribution in [2.24, 2.45) is 5.41 Å². The summed E-state index contributed by atoms with van der Waals surface area (Å²) in [6, 6.07) is 14.1. The van der Waals surface area contributed by atoms with Crippen LogP contribution in [0.3, 0.4) is 0 Å². The molecule has 0 amide bonds. The zero-order valence-electron chi connectivity index (χ0n) is 24.0. The molecule has 1 aromatic carbocycles. The molecule has 0 radical (unpaired) electrons. The smallest absolute Gasteiger partial charge is 0.337 e. The molecule has 39 heavy (non-hydrogen) atoms. The molecule has 0 spiro atoms. The molecule has 1 aliphatic rings. The molecular formula is C32H41N3O4. The minimum absolute atomic E-state index is 0.240. The van der Waals surface area contributed by atoms with E-state index in [0.29, 0.717) is 23.6 Å². The summed E-state index contributed by atoms with van der Waals surface area (Å²) in [6.07, 6.45) is 5.21. The number of pyridine rings is 2. The molecular weight excluding hydrogens is 490 g/mol. The molecule has 1 saturated heterocycles. The van der Waals surface area contributed by atoms with Gasteiger partial charge in [-0.1, -0.05) is 44.2 Å². The zero-order valence-corrected chi connectivity index (χ0v) is 24.0. The number of ether oxygens (including phenoxy) is 2. The van der Waals surface area contributed by atoms with Gasteiger partial charge in [0.15, 0.2) is 6.10 Å². The first kappa shape index (κ1) is 28.6. The van der Waals surface area contributed by atoms with Gasteiger partial charge in [-0.25, -0.2) is 4.79 Å². The first-order chi connectivity index (χ1) is 18.4. The Morgan fingerprint density at radius 1 is 1.05 bits per heavy atom. The average molecular weight is 532 g/mol. The summed E-state index contributed by atoms with van der Waals surface area (Å²) in [5.74, 6) is -0.337. The highest BCUT2D eigenvalue weighted by molar-refractivity contribution is 5.85. The van der Waals surface area contributed by atoms with E-state index in [0.717, 1.165) is 49.3 Å². The molecule has 0 bridgehead atoms. The molecule has 0 saturated carbocycles. The average Bonchev–Trinajstić information content (AvgIpc) is 2.88. The van der Waals surface area contributed by atoms with Crippen LogP contribution in [0.1, 0.15) is 70.4 Å². The van der Waals surface area contributed by atoms with Crippen molar-refractivity contribution in [2.75, 3.05) is 24.6 Å². The Balaban J connectivity index is 1.69. The highest BCUT2D eigenvalue weighted by atomic mass is 16.5. The maximum Gasteiger partial charge on any atom is 0.337 e. The standard InChI is InChI=1S/C32H41N3O4/c1-22-27(29(30(36)37)39-31(2,3)4)28(35-17-15-32(5,6)16-18-35)25(21-33-22)26-13-12-24(20-34-26)38-19-14-23-10-8-7-9-11-23/h7-13,20-21,29H,14-19H2,1-6H3,(H,36,37)/t29-/m0/s1. The molecule has 3 aromatic rings. The van der Waals surface area contributed by atoms with Crippen LogP contribution in [-0.4, -0.2) is 46.3 Å². The first-order valence-electron chi connectivity index (χ1n) is 13.7. The van der Waals surface area contributed by atoms with Crippen LogP contribution in [0, 0.1) is 12.3 Å². The lowest BCUT2D eigenvalue weighted by molar-refractivity contribution is -0.160. The molecule has 208 valence electrons. The minimum Gasteiger partial charge on any atom is -0.492 e. The zero-order chi connectivity index (χ0) is 28.2. The van der Waals surface area contributed by atoms with Gasteiger partial charge in [0.25, 0.3) is 0 Å². The SMILES string of the molecule is Cc1ncc(-c2ccc(OCCc3ccccc3)cn2)c(N2CCC(C)(C)CC2)c1[C@H](OC(C)(C)C)C(=O)O. The predicted molar refractivity (Wildman–Crippen MR) is 154 cm³/mol. The quantitative estimate of drug-likeness (QED) is 0.331. The van der Waals surface area contributed by atoms with E-state index in [4.69, 9.17) is 14.5 Å². The molecule has 0 unspecified atom stereocenters. The number of carbonyl (C=O) groups is 1. The normalized spacial score (nSPS) is 16.1. The van der Waals surface area contributed by atoms with Crippen LogP contribution in [0.25, 0.3) is 11.3 Å². The number of carboxylic acids is 1. The second-order valence-electron chi connectivity index (χ2n) is 12.1. The van der Waals surface area contributed by atoms with Gasteiger partial charge in [-0.3, -0.25) is 9.97 Å². The Bertz CT molecular complexity index is 1260. The fourth-order valence-corrected chi connectivity index (χ4v) is 4.93. The number of benzene rings is 1. The fourth-order valence-electron chi connectivity index (χ4n) is 4.93. The number of aromatic nitrogens is 2. The van der Waals surface area contributed by atoms with Crippen molar-refractivity contribution in [3.8, 4) is 17.0 Å². The van der Waals surface area contributed by atoms with E-state index in [9.17, 15) is 9.90 Å². The highest BCUT2D eigenvalue weighted by Crippen LogP contribution is 2.43. The number of piperidine rings is 1. The molecule has 2 aromatic heterocycles. The Morgan fingerprint density at radius 3 is 2.33 bits per heavy atom. The van der Waals surface area contributed by atoms with Crippen LogP contribution in [0.5, 0.6) is 5.75 Å². The van der Waals surface area contributed by atoms with Gasteiger partial charge in [0.1, 0.15) is 5.75 Å². The third-order valence-corrected chi connectivity index (χ3v) is 7.19. The minimum atomic E-state index is -1.15. The van der Waals surface area contributed by atoms with Crippen molar-refractivity contribution < 1.29 is 19.4 Å². The number of hydrogen-bond acceptors (Lipinski definition) is 6. The van der Waals surface area contributed by atoms with Crippen molar-refractivity contribution in [2.45, 2.75) is 72.5 Å². The second kappa shape index (κ2) is 11.7. The van der Waals surface area contributed by atoms with Gasteiger partial charge >= 0.3 is 5.97 Å². The topological polar surface area (TPSA) is 84.8 Å². The number of aryl methyl sites for hydroxylation is 1. The molecule has 0 aliphatic carbocycles. The van der Waals surface area contributed by atoms with Gasteiger partial charge in [-0.15, -0.1) is 0 Å². The van der Waals surface area contributed by atoms with E-state index < -0.39 is 17.7 Å². The van der Waals surface area contributed by atoms with Crippen LogP contribution in [0.4, 0.5) is 5.69 Å². The molecule has 7 heteroatoms. The molecule has 1 N–H and O–H groups in total. The summed E-state index contributed by atoms with van der Waals surface area (Å²) >= 11 is 0. The molecule has 3 heterocycles. The van der Waals surface area contributed by atoms with Crippen LogP contribution < -0.4 is 9.64 Å². The Labute approximate surface area is 232 Å². The van der Waals surface area contributed by atoms with Crippen LogP contribution in [0.15, 0.2) is 54.9 Å². The number of aliphatic carboxylic acids is 1.